The highest BCUT2D eigenvalue weighted by molar-refractivity contribution is 7.89. The lowest BCUT2D eigenvalue weighted by Crippen LogP contribution is -2.33. The lowest BCUT2D eigenvalue weighted by Gasteiger charge is -2.21. The SMILES string of the molecule is CC(=O)Nc1ccc(CC(=O)NCc2ccc(S(=O)(=O)N(C)C(C)C)cc2)cc1. The number of carbonyl (C=O) groups excluding carboxylic acids is 2. The first kappa shape index (κ1) is 22.6. The predicted molar refractivity (Wildman–Crippen MR) is 113 cm³/mol. The van der Waals surface area contributed by atoms with Gasteiger partial charge in [-0.05, 0) is 49.2 Å². The van der Waals surface area contributed by atoms with E-state index in [1.165, 1.54) is 11.2 Å². The lowest BCUT2D eigenvalue weighted by molar-refractivity contribution is -0.120. The Morgan fingerprint density at radius 2 is 1.52 bits per heavy atom. The van der Waals surface area contributed by atoms with Crippen LogP contribution in [0.15, 0.2) is 53.4 Å². The van der Waals surface area contributed by atoms with Crippen LogP contribution in [0.4, 0.5) is 5.69 Å². The van der Waals surface area contributed by atoms with Crippen molar-refractivity contribution in [3.05, 3.63) is 59.7 Å². The monoisotopic (exact) mass is 417 g/mol. The number of rotatable bonds is 8. The van der Waals surface area contributed by atoms with Gasteiger partial charge in [0.25, 0.3) is 0 Å². The number of nitrogens with zero attached hydrogens (tertiary/aromatic N) is 1. The van der Waals surface area contributed by atoms with Crippen LogP contribution in [-0.4, -0.2) is 37.6 Å². The largest absolute Gasteiger partial charge is 0.352 e. The Bertz CT molecular complexity index is 952. The van der Waals surface area contributed by atoms with Crippen LogP contribution in [0.5, 0.6) is 0 Å². The van der Waals surface area contributed by atoms with E-state index in [2.05, 4.69) is 10.6 Å². The van der Waals surface area contributed by atoms with Crippen molar-refractivity contribution in [3.8, 4) is 0 Å². The number of sulfonamides is 1. The molecule has 0 aromatic heterocycles. The second-order valence-electron chi connectivity index (χ2n) is 7.09. The van der Waals surface area contributed by atoms with Crippen molar-refractivity contribution in [3.63, 3.8) is 0 Å². The first-order chi connectivity index (χ1) is 13.6. The summed E-state index contributed by atoms with van der Waals surface area (Å²) in [6, 6.07) is 13.4. The Morgan fingerprint density at radius 1 is 0.966 bits per heavy atom. The second kappa shape index (κ2) is 9.67. The molecule has 0 spiro atoms. The molecule has 0 aliphatic heterocycles. The Balaban J connectivity index is 1.91. The molecule has 156 valence electrons. The highest BCUT2D eigenvalue weighted by Crippen LogP contribution is 2.17. The molecule has 2 N–H and O–H groups in total. The molecule has 0 fully saturated rings. The average Bonchev–Trinajstić information content (AvgIpc) is 2.67. The molecule has 0 heterocycles. The molecule has 2 rings (SSSR count). The van der Waals surface area contributed by atoms with Gasteiger partial charge in [-0.2, -0.15) is 4.31 Å². The molecule has 0 unspecified atom stereocenters. The maximum absolute atomic E-state index is 12.5. The van der Waals surface area contributed by atoms with Crippen LogP contribution >= 0.6 is 0 Å². The number of anilines is 1. The minimum atomic E-state index is -3.52. The van der Waals surface area contributed by atoms with E-state index in [-0.39, 0.29) is 29.2 Å². The molecule has 0 atom stereocenters. The van der Waals surface area contributed by atoms with Crippen molar-refractivity contribution in [1.29, 1.82) is 0 Å². The van der Waals surface area contributed by atoms with Crippen molar-refractivity contribution < 1.29 is 18.0 Å². The fraction of sp³-hybridized carbons (Fsp3) is 0.333. The van der Waals surface area contributed by atoms with E-state index in [1.54, 1.807) is 55.6 Å². The topological polar surface area (TPSA) is 95.6 Å². The summed E-state index contributed by atoms with van der Waals surface area (Å²) in [5, 5.41) is 5.50. The molecule has 29 heavy (non-hydrogen) atoms. The summed E-state index contributed by atoms with van der Waals surface area (Å²) < 4.78 is 26.3. The van der Waals surface area contributed by atoms with Crippen LogP contribution in [0, 0.1) is 0 Å². The molecule has 0 saturated heterocycles. The summed E-state index contributed by atoms with van der Waals surface area (Å²) >= 11 is 0. The Labute approximate surface area is 172 Å². The van der Waals surface area contributed by atoms with E-state index in [4.69, 9.17) is 0 Å². The van der Waals surface area contributed by atoms with Crippen LogP contribution in [-0.2, 0) is 32.6 Å². The Morgan fingerprint density at radius 3 is 2.03 bits per heavy atom. The van der Waals surface area contributed by atoms with E-state index in [1.807, 2.05) is 13.8 Å². The predicted octanol–water partition coefficient (Wildman–Crippen LogP) is 2.53. The lowest BCUT2D eigenvalue weighted by atomic mass is 10.1. The van der Waals surface area contributed by atoms with E-state index in [0.29, 0.717) is 12.2 Å². The third-order valence-electron chi connectivity index (χ3n) is 4.46. The molecule has 2 aromatic rings. The van der Waals surface area contributed by atoms with Gasteiger partial charge in [0.2, 0.25) is 21.8 Å². The van der Waals surface area contributed by atoms with E-state index in [9.17, 15) is 18.0 Å². The zero-order chi connectivity index (χ0) is 21.6. The number of carbonyl (C=O) groups is 2. The summed E-state index contributed by atoms with van der Waals surface area (Å²) in [5.74, 6) is -0.293. The van der Waals surface area contributed by atoms with Crippen LogP contribution < -0.4 is 10.6 Å². The van der Waals surface area contributed by atoms with Gasteiger partial charge in [-0.1, -0.05) is 24.3 Å². The normalized spacial score (nSPS) is 11.5. The fourth-order valence-electron chi connectivity index (χ4n) is 2.58. The zero-order valence-electron chi connectivity index (χ0n) is 17.1. The van der Waals surface area contributed by atoms with E-state index < -0.39 is 10.0 Å². The molecule has 0 saturated carbocycles. The zero-order valence-corrected chi connectivity index (χ0v) is 17.9. The standard InChI is InChI=1S/C21H27N3O4S/c1-15(2)24(4)29(27,28)20-11-7-18(8-12-20)14-22-21(26)13-17-5-9-19(10-6-17)23-16(3)25/h5-12,15H,13-14H2,1-4H3,(H,22,26)(H,23,25). The smallest absolute Gasteiger partial charge is 0.243 e. The molecular weight excluding hydrogens is 390 g/mol. The van der Waals surface area contributed by atoms with Gasteiger partial charge in [-0.25, -0.2) is 8.42 Å². The van der Waals surface area contributed by atoms with Gasteiger partial charge in [0, 0.05) is 32.2 Å². The third-order valence-corrected chi connectivity index (χ3v) is 6.50. The van der Waals surface area contributed by atoms with Crippen molar-refractivity contribution in [1.82, 2.24) is 9.62 Å². The van der Waals surface area contributed by atoms with Crippen molar-refractivity contribution in [2.45, 2.75) is 44.7 Å². The Hall–Kier alpha value is -2.71. The number of hydrogen-bond acceptors (Lipinski definition) is 4. The van der Waals surface area contributed by atoms with Gasteiger partial charge in [0.05, 0.1) is 11.3 Å². The molecule has 2 amide bonds. The minimum absolute atomic E-state index is 0.133. The molecule has 0 aliphatic carbocycles. The average molecular weight is 418 g/mol. The molecule has 0 aliphatic rings. The van der Waals surface area contributed by atoms with Gasteiger partial charge in [-0.15, -0.1) is 0 Å². The summed E-state index contributed by atoms with van der Waals surface area (Å²) in [6.45, 7) is 5.37. The van der Waals surface area contributed by atoms with Crippen LogP contribution in [0.1, 0.15) is 31.9 Å². The van der Waals surface area contributed by atoms with Crippen LogP contribution in [0.2, 0.25) is 0 Å². The second-order valence-corrected chi connectivity index (χ2v) is 9.09. The molecular formula is C21H27N3O4S. The highest BCUT2D eigenvalue weighted by atomic mass is 32.2. The molecule has 7 nitrogen and oxygen atoms in total. The number of hydrogen-bond donors (Lipinski definition) is 2. The van der Waals surface area contributed by atoms with Crippen molar-refractivity contribution in [2.24, 2.45) is 0 Å². The fourth-order valence-corrected chi connectivity index (χ4v) is 3.95. The minimum Gasteiger partial charge on any atom is -0.352 e. The first-order valence-corrected chi connectivity index (χ1v) is 10.7. The maximum Gasteiger partial charge on any atom is 0.243 e. The quantitative estimate of drug-likeness (QED) is 0.690. The number of benzene rings is 2. The van der Waals surface area contributed by atoms with E-state index in [0.717, 1.165) is 11.1 Å². The summed E-state index contributed by atoms with van der Waals surface area (Å²) in [5.41, 5.74) is 2.32. The van der Waals surface area contributed by atoms with E-state index >= 15 is 0 Å². The third kappa shape index (κ3) is 6.40. The van der Waals surface area contributed by atoms with Gasteiger partial charge in [-0.3, -0.25) is 9.59 Å². The van der Waals surface area contributed by atoms with Crippen molar-refractivity contribution >= 4 is 27.5 Å². The molecule has 0 radical (unpaired) electrons. The van der Waals surface area contributed by atoms with Gasteiger partial charge in [0.15, 0.2) is 0 Å². The highest BCUT2D eigenvalue weighted by Gasteiger charge is 2.22. The Kier molecular flexibility index (Phi) is 7.53. The summed E-state index contributed by atoms with van der Waals surface area (Å²) in [4.78, 5) is 23.4. The van der Waals surface area contributed by atoms with Gasteiger partial charge < -0.3 is 10.6 Å². The van der Waals surface area contributed by atoms with Crippen LogP contribution in [0.25, 0.3) is 0 Å². The molecule has 2 aromatic carbocycles. The summed E-state index contributed by atoms with van der Waals surface area (Å²) in [7, 11) is -1.97. The first-order valence-electron chi connectivity index (χ1n) is 9.30. The van der Waals surface area contributed by atoms with Crippen molar-refractivity contribution in [2.75, 3.05) is 12.4 Å². The maximum atomic E-state index is 12.5. The summed E-state index contributed by atoms with van der Waals surface area (Å²) in [6.07, 6.45) is 0.214. The van der Waals surface area contributed by atoms with Crippen LogP contribution in [0.3, 0.4) is 0 Å². The van der Waals surface area contributed by atoms with Gasteiger partial charge in [0.1, 0.15) is 0 Å². The molecule has 8 heteroatoms. The van der Waals surface area contributed by atoms with Gasteiger partial charge >= 0.3 is 0 Å². The number of amides is 2. The number of nitrogens with one attached hydrogen (secondary N) is 2. The molecule has 0 bridgehead atoms.